The second-order valence-electron chi connectivity index (χ2n) is 6.39. The van der Waals surface area contributed by atoms with Crippen LogP contribution in [0.5, 0.6) is 0 Å². The van der Waals surface area contributed by atoms with Crippen molar-refractivity contribution in [2.75, 3.05) is 26.7 Å². The van der Waals surface area contributed by atoms with Crippen LogP contribution in [0.2, 0.25) is 0 Å². The third kappa shape index (κ3) is 2.88. The molecule has 19 heavy (non-hydrogen) atoms. The Morgan fingerprint density at radius 2 is 1.89 bits per heavy atom. The Bertz CT molecular complexity index is 418. The molecule has 106 valence electrons. The van der Waals surface area contributed by atoms with Crippen molar-refractivity contribution in [2.24, 2.45) is 0 Å². The molecule has 0 unspecified atom stereocenters. The van der Waals surface area contributed by atoms with Gasteiger partial charge in [0.25, 0.3) is 0 Å². The summed E-state index contributed by atoms with van der Waals surface area (Å²) >= 11 is 1.96. The number of aryl methyl sites for hydroxylation is 1. The van der Waals surface area contributed by atoms with Crippen molar-refractivity contribution < 1.29 is 0 Å². The zero-order valence-electron chi connectivity index (χ0n) is 12.3. The molecule has 2 aliphatic rings. The molecule has 2 nitrogen and oxygen atoms in total. The molecule has 3 heteroatoms. The Labute approximate surface area is 121 Å². The fourth-order valence-corrected chi connectivity index (χ4v) is 4.71. The normalized spacial score (nSPS) is 24.9. The summed E-state index contributed by atoms with van der Waals surface area (Å²) in [5, 5.41) is 0. The topological polar surface area (TPSA) is 6.48 Å². The van der Waals surface area contributed by atoms with E-state index in [2.05, 4.69) is 35.9 Å². The molecule has 0 amide bonds. The van der Waals surface area contributed by atoms with Gasteiger partial charge in [0.1, 0.15) is 0 Å². The van der Waals surface area contributed by atoms with Crippen LogP contribution >= 0.6 is 11.3 Å². The highest BCUT2D eigenvalue weighted by atomic mass is 32.1. The highest BCUT2D eigenvalue weighted by Gasteiger charge is 2.39. The van der Waals surface area contributed by atoms with Crippen molar-refractivity contribution in [1.82, 2.24) is 9.80 Å². The van der Waals surface area contributed by atoms with Crippen molar-refractivity contribution in [1.29, 1.82) is 0 Å². The molecule has 2 aliphatic heterocycles. The zero-order valence-corrected chi connectivity index (χ0v) is 13.1. The highest BCUT2D eigenvalue weighted by molar-refractivity contribution is 7.11. The van der Waals surface area contributed by atoms with Gasteiger partial charge in [-0.15, -0.1) is 11.3 Å². The maximum absolute atomic E-state index is 2.66. The van der Waals surface area contributed by atoms with E-state index in [0.717, 1.165) is 6.54 Å². The van der Waals surface area contributed by atoms with Crippen molar-refractivity contribution >= 4 is 11.3 Å². The van der Waals surface area contributed by atoms with Crippen molar-refractivity contribution in [3.05, 3.63) is 21.9 Å². The molecule has 1 aromatic heterocycles. The number of nitrogens with zero attached hydrogens (tertiary/aromatic N) is 2. The van der Waals surface area contributed by atoms with Gasteiger partial charge < -0.3 is 4.90 Å². The lowest BCUT2D eigenvalue weighted by Gasteiger charge is -2.50. The van der Waals surface area contributed by atoms with E-state index in [9.17, 15) is 0 Å². The Hall–Kier alpha value is -0.380. The van der Waals surface area contributed by atoms with Crippen LogP contribution in [0, 0.1) is 6.92 Å². The molecular weight excluding hydrogens is 252 g/mol. The molecule has 0 aromatic carbocycles. The van der Waals surface area contributed by atoms with Gasteiger partial charge in [-0.1, -0.05) is 6.42 Å². The van der Waals surface area contributed by atoms with Crippen LogP contribution in [0.15, 0.2) is 12.1 Å². The molecule has 0 aliphatic carbocycles. The number of rotatable bonds is 2. The van der Waals surface area contributed by atoms with E-state index in [-0.39, 0.29) is 0 Å². The molecule has 3 heterocycles. The van der Waals surface area contributed by atoms with Crippen LogP contribution in [0.4, 0.5) is 0 Å². The van der Waals surface area contributed by atoms with E-state index in [4.69, 9.17) is 0 Å². The van der Waals surface area contributed by atoms with Gasteiger partial charge >= 0.3 is 0 Å². The van der Waals surface area contributed by atoms with E-state index < -0.39 is 0 Å². The van der Waals surface area contributed by atoms with Crippen molar-refractivity contribution in [3.8, 4) is 0 Å². The molecule has 2 fully saturated rings. The first-order chi connectivity index (χ1) is 9.18. The van der Waals surface area contributed by atoms with Gasteiger partial charge in [0.05, 0.1) is 0 Å². The van der Waals surface area contributed by atoms with Crippen LogP contribution in [0.1, 0.15) is 41.9 Å². The zero-order chi connectivity index (χ0) is 13.3. The van der Waals surface area contributed by atoms with E-state index in [0.29, 0.717) is 5.54 Å². The minimum atomic E-state index is 0.542. The molecule has 0 saturated carbocycles. The molecule has 2 saturated heterocycles. The first-order valence-electron chi connectivity index (χ1n) is 7.67. The SMILES string of the molecule is Cc1ccc(CN2CCC3(CCCCN3C)CC2)s1. The average Bonchev–Trinajstić information content (AvgIpc) is 2.81. The summed E-state index contributed by atoms with van der Waals surface area (Å²) in [7, 11) is 2.34. The lowest BCUT2D eigenvalue weighted by molar-refractivity contribution is 0.00843. The summed E-state index contributed by atoms with van der Waals surface area (Å²) in [6.45, 7) is 7.24. The number of hydrogen-bond donors (Lipinski definition) is 0. The summed E-state index contributed by atoms with van der Waals surface area (Å²) < 4.78 is 0. The molecule has 0 N–H and O–H groups in total. The van der Waals surface area contributed by atoms with Gasteiger partial charge in [-0.3, -0.25) is 4.90 Å². The molecule has 1 aromatic rings. The third-order valence-electron chi connectivity index (χ3n) is 5.16. The number of piperidine rings is 2. The van der Waals surface area contributed by atoms with Crippen LogP contribution in [-0.2, 0) is 6.54 Å². The van der Waals surface area contributed by atoms with Crippen LogP contribution in [-0.4, -0.2) is 42.0 Å². The largest absolute Gasteiger partial charge is 0.301 e. The Balaban J connectivity index is 1.57. The number of thiophene rings is 1. The van der Waals surface area contributed by atoms with E-state index in [1.165, 1.54) is 61.5 Å². The summed E-state index contributed by atoms with van der Waals surface area (Å²) in [6.07, 6.45) is 7.00. The first kappa shape index (κ1) is 13.6. The third-order valence-corrected chi connectivity index (χ3v) is 6.14. The predicted octanol–water partition coefficient (Wildman–Crippen LogP) is 3.51. The van der Waals surface area contributed by atoms with Gasteiger partial charge in [0, 0.05) is 34.9 Å². The van der Waals surface area contributed by atoms with Gasteiger partial charge in [-0.2, -0.15) is 0 Å². The smallest absolute Gasteiger partial charge is 0.0328 e. The second kappa shape index (κ2) is 5.55. The molecular formula is C16H26N2S. The van der Waals surface area contributed by atoms with Gasteiger partial charge in [-0.05, 0) is 58.3 Å². The lowest BCUT2D eigenvalue weighted by atomic mass is 9.79. The minimum Gasteiger partial charge on any atom is -0.301 e. The van der Waals surface area contributed by atoms with Crippen molar-refractivity contribution in [2.45, 2.75) is 51.1 Å². The van der Waals surface area contributed by atoms with Crippen LogP contribution in [0.3, 0.4) is 0 Å². The van der Waals surface area contributed by atoms with Crippen LogP contribution < -0.4 is 0 Å². The molecule has 3 rings (SSSR count). The fraction of sp³-hybridized carbons (Fsp3) is 0.750. The molecule has 0 bridgehead atoms. The van der Waals surface area contributed by atoms with Gasteiger partial charge in [0.2, 0.25) is 0 Å². The summed E-state index contributed by atoms with van der Waals surface area (Å²) in [4.78, 5) is 8.28. The maximum atomic E-state index is 2.66. The maximum Gasteiger partial charge on any atom is 0.0328 e. The van der Waals surface area contributed by atoms with E-state index >= 15 is 0 Å². The minimum absolute atomic E-state index is 0.542. The van der Waals surface area contributed by atoms with Crippen molar-refractivity contribution in [3.63, 3.8) is 0 Å². The Morgan fingerprint density at radius 3 is 2.53 bits per heavy atom. The average molecular weight is 278 g/mol. The second-order valence-corrected chi connectivity index (χ2v) is 7.76. The quantitative estimate of drug-likeness (QED) is 0.817. The van der Waals surface area contributed by atoms with E-state index in [1.807, 2.05) is 11.3 Å². The Morgan fingerprint density at radius 1 is 1.11 bits per heavy atom. The lowest BCUT2D eigenvalue weighted by Crippen LogP contribution is -2.55. The number of hydrogen-bond acceptors (Lipinski definition) is 3. The highest BCUT2D eigenvalue weighted by Crippen LogP contribution is 2.36. The Kier molecular flexibility index (Phi) is 3.97. The predicted molar refractivity (Wildman–Crippen MR) is 82.8 cm³/mol. The fourth-order valence-electron chi connectivity index (χ4n) is 3.78. The summed E-state index contributed by atoms with van der Waals surface area (Å²) in [6, 6.07) is 4.55. The van der Waals surface area contributed by atoms with Gasteiger partial charge in [-0.25, -0.2) is 0 Å². The monoisotopic (exact) mass is 278 g/mol. The standard InChI is InChI=1S/C16H26N2S/c1-14-5-6-15(19-14)13-18-11-8-16(9-12-18)7-3-4-10-17(16)2/h5-6H,3-4,7-13H2,1-2H3. The summed E-state index contributed by atoms with van der Waals surface area (Å²) in [5.74, 6) is 0. The van der Waals surface area contributed by atoms with Crippen LogP contribution in [0.25, 0.3) is 0 Å². The molecule has 1 spiro atoms. The molecule has 0 atom stereocenters. The number of likely N-dealkylation sites (tertiary alicyclic amines) is 2. The first-order valence-corrected chi connectivity index (χ1v) is 8.49. The summed E-state index contributed by atoms with van der Waals surface area (Å²) in [5.41, 5.74) is 0.542. The van der Waals surface area contributed by atoms with Gasteiger partial charge in [0.15, 0.2) is 0 Å². The van der Waals surface area contributed by atoms with E-state index in [1.54, 1.807) is 0 Å². The molecule has 0 radical (unpaired) electrons.